The molecule has 0 saturated heterocycles. The second-order valence-electron chi connectivity index (χ2n) is 5.87. The van der Waals surface area contributed by atoms with Gasteiger partial charge in [0.25, 0.3) is 0 Å². The summed E-state index contributed by atoms with van der Waals surface area (Å²) in [4.78, 5) is 0. The molecule has 0 bridgehead atoms. The number of rotatable bonds is 5. The summed E-state index contributed by atoms with van der Waals surface area (Å²) >= 11 is 0. The fourth-order valence-corrected chi connectivity index (χ4v) is 4.31. The van der Waals surface area contributed by atoms with E-state index in [9.17, 15) is 8.42 Å². The van der Waals surface area contributed by atoms with Crippen molar-refractivity contribution in [1.29, 1.82) is 0 Å². The summed E-state index contributed by atoms with van der Waals surface area (Å²) in [6.45, 7) is 2.23. The Balaban J connectivity index is 1.79. The topological polar surface area (TPSA) is 46.2 Å². The van der Waals surface area contributed by atoms with E-state index in [1.807, 2.05) is 0 Å². The molecule has 0 radical (unpaired) electrons. The van der Waals surface area contributed by atoms with Gasteiger partial charge in [0.15, 0.2) is 0 Å². The molecule has 3 nitrogen and oxygen atoms in total. The van der Waals surface area contributed by atoms with Crippen molar-refractivity contribution in [3.8, 4) is 0 Å². The Morgan fingerprint density at radius 2 is 2.00 bits per heavy atom. The highest BCUT2D eigenvalue weighted by Gasteiger charge is 2.38. The van der Waals surface area contributed by atoms with E-state index >= 15 is 0 Å². The third-order valence-electron chi connectivity index (χ3n) is 4.26. The van der Waals surface area contributed by atoms with E-state index in [1.54, 1.807) is 0 Å². The minimum absolute atomic E-state index is 0.0999. The van der Waals surface area contributed by atoms with Crippen molar-refractivity contribution in [3.63, 3.8) is 0 Å². The first kappa shape index (κ1) is 13.3. The zero-order valence-corrected chi connectivity index (χ0v) is 11.8. The first-order valence-electron chi connectivity index (χ1n) is 6.95. The van der Waals surface area contributed by atoms with Gasteiger partial charge in [0.05, 0.1) is 5.25 Å². The highest BCUT2D eigenvalue weighted by molar-refractivity contribution is 7.91. The summed E-state index contributed by atoms with van der Waals surface area (Å²) in [7, 11) is -2.84. The van der Waals surface area contributed by atoms with Crippen LogP contribution in [-0.2, 0) is 9.84 Å². The molecule has 4 heteroatoms. The van der Waals surface area contributed by atoms with Crippen LogP contribution in [0, 0.1) is 5.92 Å². The average Bonchev–Trinajstić information content (AvgIpc) is 2.96. The SMILES string of the molecule is CCCC1CC1NC1CCCC(S(C)(=O)=O)C1. The van der Waals surface area contributed by atoms with Crippen molar-refractivity contribution in [3.05, 3.63) is 0 Å². The lowest BCUT2D eigenvalue weighted by atomic mass is 9.95. The van der Waals surface area contributed by atoms with Gasteiger partial charge in [-0.3, -0.25) is 0 Å². The van der Waals surface area contributed by atoms with Gasteiger partial charge in [-0.25, -0.2) is 8.42 Å². The molecule has 0 aromatic heterocycles. The van der Waals surface area contributed by atoms with Crippen LogP contribution in [0.15, 0.2) is 0 Å². The average molecular weight is 259 g/mol. The molecule has 1 N–H and O–H groups in total. The Hall–Kier alpha value is -0.0900. The van der Waals surface area contributed by atoms with Crippen LogP contribution in [0.3, 0.4) is 0 Å². The Kier molecular flexibility index (Phi) is 4.14. The fraction of sp³-hybridized carbons (Fsp3) is 1.00. The Morgan fingerprint density at radius 1 is 1.24 bits per heavy atom. The summed E-state index contributed by atoms with van der Waals surface area (Å²) in [5.41, 5.74) is 0. The van der Waals surface area contributed by atoms with Crippen molar-refractivity contribution in [1.82, 2.24) is 5.32 Å². The molecule has 0 amide bonds. The lowest BCUT2D eigenvalue weighted by molar-refractivity contribution is 0.363. The van der Waals surface area contributed by atoms with Crippen LogP contribution in [0.1, 0.15) is 51.9 Å². The monoisotopic (exact) mass is 259 g/mol. The molecule has 0 aliphatic heterocycles. The zero-order valence-electron chi connectivity index (χ0n) is 11.0. The first-order chi connectivity index (χ1) is 8.00. The van der Waals surface area contributed by atoms with Crippen LogP contribution < -0.4 is 5.32 Å². The van der Waals surface area contributed by atoms with Crippen molar-refractivity contribution >= 4 is 9.84 Å². The third-order valence-corrected chi connectivity index (χ3v) is 5.90. The van der Waals surface area contributed by atoms with Gasteiger partial charge in [-0.1, -0.05) is 19.8 Å². The maximum Gasteiger partial charge on any atom is 0.150 e. The third kappa shape index (κ3) is 3.68. The van der Waals surface area contributed by atoms with Gasteiger partial charge in [0.2, 0.25) is 0 Å². The minimum Gasteiger partial charge on any atom is -0.311 e. The summed E-state index contributed by atoms with van der Waals surface area (Å²) in [6, 6.07) is 1.12. The first-order valence-corrected chi connectivity index (χ1v) is 8.91. The predicted octanol–water partition coefficient (Wildman–Crippen LogP) is 2.12. The van der Waals surface area contributed by atoms with E-state index < -0.39 is 9.84 Å². The molecule has 100 valence electrons. The molecule has 4 unspecified atom stereocenters. The molecule has 2 aliphatic rings. The lowest BCUT2D eigenvalue weighted by Gasteiger charge is -2.29. The molecule has 2 fully saturated rings. The Bertz CT molecular complexity index is 352. The number of hydrogen-bond acceptors (Lipinski definition) is 3. The standard InChI is InChI=1S/C13H25NO2S/c1-3-5-10-8-13(10)14-11-6-4-7-12(9-11)17(2,15)16/h10-14H,3-9H2,1-2H3. The van der Waals surface area contributed by atoms with Crippen LogP contribution in [-0.4, -0.2) is 32.0 Å². The minimum atomic E-state index is -2.84. The van der Waals surface area contributed by atoms with E-state index in [2.05, 4.69) is 12.2 Å². The van der Waals surface area contributed by atoms with E-state index in [1.165, 1.54) is 25.5 Å². The normalized spacial score (nSPS) is 38.0. The molecule has 0 aromatic rings. The van der Waals surface area contributed by atoms with Gasteiger partial charge >= 0.3 is 0 Å². The lowest BCUT2D eigenvalue weighted by Crippen LogP contribution is -2.40. The Labute approximate surface area is 105 Å². The molecule has 0 aromatic carbocycles. The summed E-state index contributed by atoms with van der Waals surface area (Å²) in [5.74, 6) is 0.860. The van der Waals surface area contributed by atoms with Gasteiger partial charge in [-0.05, 0) is 38.0 Å². The molecule has 0 spiro atoms. The van der Waals surface area contributed by atoms with E-state index in [0.29, 0.717) is 12.1 Å². The van der Waals surface area contributed by atoms with Crippen LogP contribution >= 0.6 is 0 Å². The van der Waals surface area contributed by atoms with Crippen molar-refractivity contribution in [2.75, 3.05) is 6.26 Å². The molecule has 2 aliphatic carbocycles. The highest BCUT2D eigenvalue weighted by atomic mass is 32.2. The molecular formula is C13H25NO2S. The molecule has 4 atom stereocenters. The van der Waals surface area contributed by atoms with Gasteiger partial charge in [-0.15, -0.1) is 0 Å². The highest BCUT2D eigenvalue weighted by Crippen LogP contribution is 2.36. The summed E-state index contributed by atoms with van der Waals surface area (Å²) in [6.07, 6.45) is 9.17. The van der Waals surface area contributed by atoms with Crippen molar-refractivity contribution in [2.24, 2.45) is 5.92 Å². The largest absolute Gasteiger partial charge is 0.311 e. The van der Waals surface area contributed by atoms with Crippen molar-refractivity contribution < 1.29 is 8.42 Å². The zero-order chi connectivity index (χ0) is 12.5. The second kappa shape index (κ2) is 5.27. The van der Waals surface area contributed by atoms with Gasteiger partial charge in [-0.2, -0.15) is 0 Å². The van der Waals surface area contributed by atoms with Gasteiger partial charge < -0.3 is 5.32 Å². The number of nitrogens with one attached hydrogen (secondary N) is 1. The molecular weight excluding hydrogens is 234 g/mol. The van der Waals surface area contributed by atoms with E-state index in [-0.39, 0.29) is 5.25 Å². The molecule has 17 heavy (non-hydrogen) atoms. The molecule has 2 rings (SSSR count). The maximum absolute atomic E-state index is 11.6. The molecule has 0 heterocycles. The fourth-order valence-electron chi connectivity index (χ4n) is 3.13. The smallest absolute Gasteiger partial charge is 0.150 e. The summed E-state index contributed by atoms with van der Waals surface area (Å²) in [5, 5.41) is 3.57. The van der Waals surface area contributed by atoms with Crippen molar-refractivity contribution in [2.45, 2.75) is 69.2 Å². The number of hydrogen-bond donors (Lipinski definition) is 1. The maximum atomic E-state index is 11.6. The van der Waals surface area contributed by atoms with Crippen LogP contribution in [0.5, 0.6) is 0 Å². The van der Waals surface area contributed by atoms with Crippen LogP contribution in [0.2, 0.25) is 0 Å². The van der Waals surface area contributed by atoms with Crippen LogP contribution in [0.4, 0.5) is 0 Å². The second-order valence-corrected chi connectivity index (χ2v) is 8.20. The number of sulfone groups is 1. The van der Waals surface area contributed by atoms with Gasteiger partial charge in [0.1, 0.15) is 9.84 Å². The van der Waals surface area contributed by atoms with Gasteiger partial charge in [0, 0.05) is 18.3 Å². The van der Waals surface area contributed by atoms with E-state index in [0.717, 1.165) is 31.6 Å². The predicted molar refractivity (Wildman–Crippen MR) is 70.8 cm³/mol. The van der Waals surface area contributed by atoms with Crippen LogP contribution in [0.25, 0.3) is 0 Å². The van der Waals surface area contributed by atoms with E-state index in [4.69, 9.17) is 0 Å². The quantitative estimate of drug-likeness (QED) is 0.822. The Morgan fingerprint density at radius 3 is 2.65 bits per heavy atom. The molecule has 2 saturated carbocycles. The summed E-state index contributed by atoms with van der Waals surface area (Å²) < 4.78 is 23.1.